The summed E-state index contributed by atoms with van der Waals surface area (Å²) < 4.78 is 11.3. The average molecular weight is 305 g/mol. The number of methoxy groups -OCH3 is 1. The van der Waals surface area contributed by atoms with Gasteiger partial charge >= 0.3 is 5.63 Å². The summed E-state index contributed by atoms with van der Waals surface area (Å²) in [5, 5.41) is 2.31. The molecule has 0 bridgehead atoms. The van der Waals surface area contributed by atoms with Crippen molar-refractivity contribution in [3.05, 3.63) is 51.3 Å². The molecular formula is C14H9BrO3. The van der Waals surface area contributed by atoms with E-state index in [9.17, 15) is 4.79 Å². The maximum absolute atomic E-state index is 11.9. The SMILES string of the molecule is COc1ccc2c(c1)c(=O)oc1cc(Br)ccc12. The second-order valence-electron chi connectivity index (χ2n) is 3.94. The molecule has 0 spiro atoms. The highest BCUT2D eigenvalue weighted by molar-refractivity contribution is 9.10. The van der Waals surface area contributed by atoms with Crippen molar-refractivity contribution in [3.63, 3.8) is 0 Å². The van der Waals surface area contributed by atoms with Crippen LogP contribution in [0.4, 0.5) is 0 Å². The number of ether oxygens (including phenoxy) is 1. The van der Waals surface area contributed by atoms with Gasteiger partial charge < -0.3 is 9.15 Å². The molecule has 4 heteroatoms. The number of rotatable bonds is 1. The monoisotopic (exact) mass is 304 g/mol. The van der Waals surface area contributed by atoms with Gasteiger partial charge in [-0.3, -0.25) is 0 Å². The first-order chi connectivity index (χ1) is 8.69. The van der Waals surface area contributed by atoms with E-state index in [0.717, 1.165) is 15.2 Å². The smallest absolute Gasteiger partial charge is 0.344 e. The minimum Gasteiger partial charge on any atom is -0.497 e. The molecule has 1 aromatic heterocycles. The van der Waals surface area contributed by atoms with E-state index in [0.29, 0.717) is 16.7 Å². The van der Waals surface area contributed by atoms with E-state index in [-0.39, 0.29) is 5.63 Å². The Labute approximate surface area is 111 Å². The van der Waals surface area contributed by atoms with Gasteiger partial charge in [-0.25, -0.2) is 4.79 Å². The van der Waals surface area contributed by atoms with E-state index in [1.165, 1.54) is 0 Å². The molecule has 90 valence electrons. The zero-order chi connectivity index (χ0) is 12.7. The van der Waals surface area contributed by atoms with Crippen LogP contribution in [0.3, 0.4) is 0 Å². The van der Waals surface area contributed by atoms with Gasteiger partial charge in [0.15, 0.2) is 0 Å². The van der Waals surface area contributed by atoms with Gasteiger partial charge in [0.1, 0.15) is 11.3 Å². The van der Waals surface area contributed by atoms with Crippen LogP contribution < -0.4 is 10.4 Å². The molecule has 0 unspecified atom stereocenters. The minimum absolute atomic E-state index is 0.352. The molecular weight excluding hydrogens is 296 g/mol. The van der Waals surface area contributed by atoms with Crippen molar-refractivity contribution in [3.8, 4) is 5.75 Å². The molecule has 0 amide bonds. The topological polar surface area (TPSA) is 39.4 Å². The molecule has 0 fully saturated rings. The molecule has 0 radical (unpaired) electrons. The zero-order valence-electron chi connectivity index (χ0n) is 9.57. The number of hydrogen-bond acceptors (Lipinski definition) is 3. The van der Waals surface area contributed by atoms with Crippen LogP contribution in [0, 0.1) is 0 Å². The summed E-state index contributed by atoms with van der Waals surface area (Å²) in [7, 11) is 1.57. The van der Waals surface area contributed by atoms with Crippen LogP contribution >= 0.6 is 15.9 Å². The van der Waals surface area contributed by atoms with Crippen LogP contribution in [0.2, 0.25) is 0 Å². The van der Waals surface area contributed by atoms with Gasteiger partial charge in [0.05, 0.1) is 12.5 Å². The Bertz CT molecular complexity index is 805. The fourth-order valence-corrected chi connectivity index (χ4v) is 2.35. The lowest BCUT2D eigenvalue weighted by Gasteiger charge is -2.04. The highest BCUT2D eigenvalue weighted by atomic mass is 79.9. The summed E-state index contributed by atoms with van der Waals surface area (Å²) in [5.41, 5.74) is 0.224. The maximum atomic E-state index is 11.9. The number of hydrogen-bond donors (Lipinski definition) is 0. The second-order valence-corrected chi connectivity index (χ2v) is 4.86. The fourth-order valence-electron chi connectivity index (χ4n) is 2.01. The van der Waals surface area contributed by atoms with Crippen molar-refractivity contribution in [1.82, 2.24) is 0 Å². The standard InChI is InChI=1S/C14H9BrO3/c1-17-9-3-5-10-11-4-2-8(15)6-13(11)18-14(16)12(10)7-9/h2-7H,1H3. The molecule has 0 atom stereocenters. The van der Waals surface area contributed by atoms with Crippen LogP contribution in [0.25, 0.3) is 21.7 Å². The maximum Gasteiger partial charge on any atom is 0.344 e. The van der Waals surface area contributed by atoms with E-state index < -0.39 is 0 Å². The molecule has 2 aromatic carbocycles. The summed E-state index contributed by atoms with van der Waals surface area (Å²) >= 11 is 3.36. The molecule has 0 saturated heterocycles. The summed E-state index contributed by atoms with van der Waals surface area (Å²) in [5.74, 6) is 0.645. The van der Waals surface area contributed by atoms with Crippen molar-refractivity contribution in [2.45, 2.75) is 0 Å². The molecule has 1 heterocycles. The predicted molar refractivity (Wildman–Crippen MR) is 74.2 cm³/mol. The summed E-state index contributed by atoms with van der Waals surface area (Å²) in [4.78, 5) is 11.9. The Morgan fingerprint density at radius 3 is 2.61 bits per heavy atom. The molecule has 0 aliphatic carbocycles. The predicted octanol–water partition coefficient (Wildman–Crippen LogP) is 3.72. The molecule has 3 rings (SSSR count). The molecule has 3 aromatic rings. The van der Waals surface area contributed by atoms with E-state index >= 15 is 0 Å². The molecule has 0 N–H and O–H groups in total. The molecule has 0 aliphatic rings. The van der Waals surface area contributed by atoms with Crippen molar-refractivity contribution in [1.29, 1.82) is 0 Å². The average Bonchev–Trinajstić information content (AvgIpc) is 2.38. The van der Waals surface area contributed by atoms with Gasteiger partial charge in [-0.2, -0.15) is 0 Å². The number of halogens is 1. The fraction of sp³-hybridized carbons (Fsp3) is 0.0714. The van der Waals surface area contributed by atoms with Crippen LogP contribution in [-0.4, -0.2) is 7.11 Å². The van der Waals surface area contributed by atoms with Gasteiger partial charge in [-0.1, -0.05) is 15.9 Å². The highest BCUT2D eigenvalue weighted by Gasteiger charge is 2.08. The third-order valence-electron chi connectivity index (χ3n) is 2.88. The molecule has 0 aliphatic heterocycles. The lowest BCUT2D eigenvalue weighted by molar-refractivity contribution is 0.415. The normalized spacial score (nSPS) is 11.0. The summed E-state index contributed by atoms with van der Waals surface area (Å²) in [6.45, 7) is 0. The van der Waals surface area contributed by atoms with E-state index in [1.54, 1.807) is 19.2 Å². The first kappa shape index (κ1) is 11.3. The van der Waals surface area contributed by atoms with Crippen molar-refractivity contribution < 1.29 is 9.15 Å². The Hall–Kier alpha value is -1.81. The third kappa shape index (κ3) is 1.69. The van der Waals surface area contributed by atoms with Crippen molar-refractivity contribution in [2.75, 3.05) is 7.11 Å². The third-order valence-corrected chi connectivity index (χ3v) is 3.38. The van der Waals surface area contributed by atoms with Crippen LogP contribution in [0.5, 0.6) is 5.75 Å². The van der Waals surface area contributed by atoms with E-state index in [4.69, 9.17) is 9.15 Å². The minimum atomic E-state index is -0.352. The Morgan fingerprint density at radius 2 is 1.83 bits per heavy atom. The number of fused-ring (bicyclic) bond motifs is 3. The largest absolute Gasteiger partial charge is 0.497 e. The van der Waals surface area contributed by atoms with Gasteiger partial charge in [0.25, 0.3) is 0 Å². The molecule has 0 saturated carbocycles. The lowest BCUT2D eigenvalue weighted by atomic mass is 10.1. The quantitative estimate of drug-likeness (QED) is 0.508. The summed E-state index contributed by atoms with van der Waals surface area (Å²) in [6.07, 6.45) is 0. The second kappa shape index (κ2) is 4.14. The highest BCUT2D eigenvalue weighted by Crippen LogP contribution is 2.27. The first-order valence-corrected chi connectivity index (χ1v) is 6.18. The van der Waals surface area contributed by atoms with Gasteiger partial charge in [0.2, 0.25) is 0 Å². The van der Waals surface area contributed by atoms with Crippen LogP contribution in [0.1, 0.15) is 0 Å². The van der Waals surface area contributed by atoms with Crippen LogP contribution in [-0.2, 0) is 0 Å². The van der Waals surface area contributed by atoms with E-state index in [2.05, 4.69) is 15.9 Å². The Kier molecular flexibility index (Phi) is 2.59. The van der Waals surface area contributed by atoms with Crippen LogP contribution in [0.15, 0.2) is 50.1 Å². The van der Waals surface area contributed by atoms with E-state index in [1.807, 2.05) is 24.3 Å². The number of benzene rings is 2. The van der Waals surface area contributed by atoms with Gasteiger partial charge in [-0.15, -0.1) is 0 Å². The first-order valence-electron chi connectivity index (χ1n) is 5.39. The Morgan fingerprint density at radius 1 is 1.06 bits per heavy atom. The zero-order valence-corrected chi connectivity index (χ0v) is 11.2. The van der Waals surface area contributed by atoms with Crippen molar-refractivity contribution in [2.24, 2.45) is 0 Å². The summed E-state index contributed by atoms with van der Waals surface area (Å²) in [6, 6.07) is 11.1. The van der Waals surface area contributed by atoms with Gasteiger partial charge in [-0.05, 0) is 36.4 Å². The lowest BCUT2D eigenvalue weighted by Crippen LogP contribution is -2.00. The molecule has 3 nitrogen and oxygen atoms in total. The van der Waals surface area contributed by atoms with Crippen molar-refractivity contribution >= 4 is 37.7 Å². The Balaban J connectivity index is 2.51. The van der Waals surface area contributed by atoms with Gasteiger partial charge in [0, 0.05) is 15.2 Å². The molecule has 18 heavy (non-hydrogen) atoms.